The van der Waals surface area contributed by atoms with E-state index in [1.165, 1.54) is 24.3 Å². The minimum absolute atomic E-state index is 0.0463. The van der Waals surface area contributed by atoms with Crippen LogP contribution in [0.25, 0.3) is 0 Å². The zero-order chi connectivity index (χ0) is 21.8. The van der Waals surface area contributed by atoms with Crippen molar-refractivity contribution in [2.75, 3.05) is 0 Å². The van der Waals surface area contributed by atoms with Crippen LogP contribution in [0.1, 0.15) is 52.6 Å². The molecule has 0 saturated carbocycles. The molecule has 2 rings (SSSR count). The zero-order valence-corrected chi connectivity index (χ0v) is 17.7. The van der Waals surface area contributed by atoms with Gasteiger partial charge in [0.05, 0.1) is 22.3 Å². The molecule has 0 aromatic heterocycles. The molecule has 2 aromatic carbocycles. The quantitative estimate of drug-likeness (QED) is 0.468. The molecule has 28 heavy (non-hydrogen) atoms. The van der Waals surface area contributed by atoms with Gasteiger partial charge in [-0.05, 0) is 81.1 Å². The highest BCUT2D eigenvalue weighted by molar-refractivity contribution is 9.10. The Morgan fingerprint density at radius 2 is 1.29 bits per heavy atom. The number of carboxylic acids is 4. The fraction of sp³-hybridized carbons (Fsp3) is 0.111. The van der Waals surface area contributed by atoms with Crippen molar-refractivity contribution in [3.05, 3.63) is 66.6 Å². The van der Waals surface area contributed by atoms with E-state index in [0.717, 1.165) is 0 Å². The number of aryl methyl sites for hydroxylation is 1. The zero-order valence-electron chi connectivity index (χ0n) is 14.5. The molecule has 148 valence electrons. The van der Waals surface area contributed by atoms with Gasteiger partial charge in [0.2, 0.25) is 0 Å². The molecule has 0 aliphatic rings. The number of aromatic carboxylic acids is 4. The summed E-state index contributed by atoms with van der Waals surface area (Å²) in [7, 11) is 0. The Bertz CT molecular complexity index is 982. The van der Waals surface area contributed by atoms with Gasteiger partial charge in [-0.3, -0.25) is 0 Å². The number of halogens is 2. The molecule has 0 saturated heterocycles. The highest BCUT2D eigenvalue weighted by Gasteiger charge is 2.19. The molecule has 0 heterocycles. The summed E-state index contributed by atoms with van der Waals surface area (Å²) in [6, 6.07) is 5.10. The fourth-order valence-corrected chi connectivity index (χ4v) is 3.30. The predicted molar refractivity (Wildman–Crippen MR) is 106 cm³/mol. The second-order valence-corrected chi connectivity index (χ2v) is 7.12. The van der Waals surface area contributed by atoms with E-state index in [1.807, 2.05) is 0 Å². The summed E-state index contributed by atoms with van der Waals surface area (Å²) >= 11 is 6.06. The average Bonchev–Trinajstić information content (AvgIpc) is 2.57. The fourth-order valence-electron chi connectivity index (χ4n) is 2.27. The van der Waals surface area contributed by atoms with Crippen LogP contribution in [-0.2, 0) is 0 Å². The summed E-state index contributed by atoms with van der Waals surface area (Å²) in [5.41, 5.74) is 1.20. The van der Waals surface area contributed by atoms with E-state index in [2.05, 4.69) is 31.9 Å². The third-order valence-electron chi connectivity index (χ3n) is 3.59. The second-order valence-electron chi connectivity index (χ2n) is 5.47. The van der Waals surface area contributed by atoms with Crippen molar-refractivity contribution >= 4 is 55.7 Å². The van der Waals surface area contributed by atoms with Crippen molar-refractivity contribution in [3.63, 3.8) is 0 Å². The number of carbonyl (C=O) groups is 4. The summed E-state index contributed by atoms with van der Waals surface area (Å²) in [4.78, 5) is 42.7. The Labute approximate surface area is 175 Å². The number of carboxylic acid groups (broad SMARTS) is 4. The molecule has 8 nitrogen and oxygen atoms in total. The van der Waals surface area contributed by atoms with Crippen LogP contribution < -0.4 is 0 Å². The van der Waals surface area contributed by atoms with Gasteiger partial charge >= 0.3 is 23.9 Å². The normalized spacial score (nSPS) is 9.86. The molecule has 4 N–H and O–H groups in total. The highest BCUT2D eigenvalue weighted by atomic mass is 79.9. The molecule has 0 fully saturated rings. The number of hydrogen-bond donors (Lipinski definition) is 4. The molecule has 0 atom stereocenters. The van der Waals surface area contributed by atoms with Gasteiger partial charge in [0, 0.05) is 8.95 Å². The molecule has 0 aliphatic carbocycles. The Morgan fingerprint density at radius 3 is 1.68 bits per heavy atom. The lowest BCUT2D eigenvalue weighted by atomic mass is 9.99. The molecule has 0 aliphatic heterocycles. The van der Waals surface area contributed by atoms with Gasteiger partial charge in [0.25, 0.3) is 0 Å². The molecule has 2 aromatic rings. The maximum absolute atomic E-state index is 10.9. The maximum Gasteiger partial charge on any atom is 0.336 e. The van der Waals surface area contributed by atoms with Crippen molar-refractivity contribution in [1.82, 2.24) is 0 Å². The van der Waals surface area contributed by atoms with E-state index in [-0.39, 0.29) is 26.7 Å². The largest absolute Gasteiger partial charge is 0.478 e. The summed E-state index contributed by atoms with van der Waals surface area (Å²) in [6.07, 6.45) is 0. The van der Waals surface area contributed by atoms with E-state index in [0.29, 0.717) is 15.6 Å². The van der Waals surface area contributed by atoms with Crippen molar-refractivity contribution in [2.24, 2.45) is 0 Å². The Morgan fingerprint density at radius 1 is 0.750 bits per heavy atom. The van der Waals surface area contributed by atoms with Gasteiger partial charge < -0.3 is 20.4 Å². The van der Waals surface area contributed by atoms with Crippen LogP contribution in [-0.4, -0.2) is 44.3 Å². The first kappa shape index (κ1) is 23.3. The molecule has 0 spiro atoms. The monoisotopic (exact) mass is 516 g/mol. The molecular formula is C18H14Br2O8. The lowest BCUT2D eigenvalue weighted by Gasteiger charge is -2.10. The molecule has 0 amide bonds. The van der Waals surface area contributed by atoms with Gasteiger partial charge in [0.15, 0.2) is 0 Å². The van der Waals surface area contributed by atoms with Crippen LogP contribution in [0.5, 0.6) is 0 Å². The van der Waals surface area contributed by atoms with Crippen molar-refractivity contribution < 1.29 is 39.6 Å². The average molecular weight is 518 g/mol. The van der Waals surface area contributed by atoms with Crippen LogP contribution >= 0.6 is 31.9 Å². The number of hydrogen-bond acceptors (Lipinski definition) is 4. The molecule has 0 bridgehead atoms. The van der Waals surface area contributed by atoms with E-state index < -0.39 is 23.9 Å². The maximum atomic E-state index is 10.9. The van der Waals surface area contributed by atoms with Gasteiger partial charge in [-0.25, -0.2) is 19.2 Å². The minimum atomic E-state index is -1.09. The van der Waals surface area contributed by atoms with Gasteiger partial charge in [-0.2, -0.15) is 0 Å². The van der Waals surface area contributed by atoms with Crippen molar-refractivity contribution in [3.8, 4) is 0 Å². The van der Waals surface area contributed by atoms with Crippen LogP contribution in [0.3, 0.4) is 0 Å². The van der Waals surface area contributed by atoms with Gasteiger partial charge in [-0.15, -0.1) is 0 Å². The standard InChI is InChI=1S/C10H9BrO4.C8H5BrO4/c1-4-3-6(9(12)13)8(11)5(2)7(4)10(14)15;9-6-3-4(7(10)11)1-2-5(6)8(12)13/h3H,1-2H3,(H,12,13)(H,14,15);1-3H,(H,10,11)(H,12,13). The number of rotatable bonds is 4. The third-order valence-corrected chi connectivity index (χ3v) is 5.26. The lowest BCUT2D eigenvalue weighted by molar-refractivity contribution is 0.0679. The smallest absolute Gasteiger partial charge is 0.336 e. The summed E-state index contributed by atoms with van der Waals surface area (Å²) in [5.74, 6) is -4.31. The summed E-state index contributed by atoms with van der Waals surface area (Å²) in [6.45, 7) is 3.16. The van der Waals surface area contributed by atoms with Crippen LogP contribution in [0.4, 0.5) is 0 Å². The van der Waals surface area contributed by atoms with Crippen LogP contribution in [0.15, 0.2) is 33.2 Å². The molecule has 10 heteroatoms. The van der Waals surface area contributed by atoms with Gasteiger partial charge in [0.1, 0.15) is 0 Å². The van der Waals surface area contributed by atoms with Crippen molar-refractivity contribution in [1.29, 1.82) is 0 Å². The second kappa shape index (κ2) is 9.47. The summed E-state index contributed by atoms with van der Waals surface area (Å²) < 4.78 is 0.581. The molecular weight excluding hydrogens is 504 g/mol. The lowest BCUT2D eigenvalue weighted by Crippen LogP contribution is -2.08. The first-order valence-electron chi connectivity index (χ1n) is 7.40. The third kappa shape index (κ3) is 5.40. The number of benzene rings is 2. The Hall–Kier alpha value is -2.72. The summed E-state index contributed by atoms with van der Waals surface area (Å²) in [5, 5.41) is 35.0. The first-order valence-corrected chi connectivity index (χ1v) is 8.99. The molecule has 0 radical (unpaired) electrons. The van der Waals surface area contributed by atoms with E-state index in [1.54, 1.807) is 13.8 Å². The van der Waals surface area contributed by atoms with Gasteiger partial charge in [-0.1, -0.05) is 0 Å². The highest BCUT2D eigenvalue weighted by Crippen LogP contribution is 2.27. The predicted octanol–water partition coefficient (Wildman–Crippen LogP) is 4.31. The molecule has 0 unspecified atom stereocenters. The van der Waals surface area contributed by atoms with E-state index in [4.69, 9.17) is 20.4 Å². The SMILES string of the molecule is Cc1cc(C(=O)O)c(Br)c(C)c1C(=O)O.O=C(O)c1ccc(C(=O)O)c(Br)c1. The topological polar surface area (TPSA) is 149 Å². The van der Waals surface area contributed by atoms with Crippen LogP contribution in [0.2, 0.25) is 0 Å². The minimum Gasteiger partial charge on any atom is -0.478 e. The van der Waals surface area contributed by atoms with Crippen LogP contribution in [0, 0.1) is 13.8 Å². The van der Waals surface area contributed by atoms with Crippen molar-refractivity contribution in [2.45, 2.75) is 13.8 Å². The Kier molecular flexibility index (Phi) is 7.89. The Balaban J connectivity index is 0.000000283. The van der Waals surface area contributed by atoms with E-state index in [9.17, 15) is 19.2 Å². The first-order chi connectivity index (χ1) is 12.9. The van der Waals surface area contributed by atoms with E-state index >= 15 is 0 Å².